The van der Waals surface area contributed by atoms with E-state index < -0.39 is 12.0 Å². The first kappa shape index (κ1) is 23.9. The lowest BCUT2D eigenvalue weighted by atomic mass is 10.2. The van der Waals surface area contributed by atoms with E-state index in [9.17, 15) is 18.8 Å². The van der Waals surface area contributed by atoms with Crippen molar-refractivity contribution in [2.75, 3.05) is 26.2 Å². The van der Waals surface area contributed by atoms with Crippen LogP contribution in [0.25, 0.3) is 0 Å². The van der Waals surface area contributed by atoms with Crippen molar-refractivity contribution < 1.29 is 27.9 Å². The van der Waals surface area contributed by atoms with Gasteiger partial charge < -0.3 is 24.3 Å². The van der Waals surface area contributed by atoms with Crippen LogP contribution >= 0.6 is 0 Å². The smallest absolute Gasteiger partial charge is 0.325 e. The molecule has 31 heavy (non-hydrogen) atoms. The lowest BCUT2D eigenvalue weighted by molar-refractivity contribution is -0.141. The van der Waals surface area contributed by atoms with Crippen molar-refractivity contribution in [3.63, 3.8) is 0 Å². The first-order chi connectivity index (χ1) is 14.9. The van der Waals surface area contributed by atoms with Gasteiger partial charge in [-0.1, -0.05) is 19.1 Å². The van der Waals surface area contributed by atoms with E-state index in [-0.39, 0.29) is 44.5 Å². The zero-order valence-corrected chi connectivity index (χ0v) is 17.8. The maximum absolute atomic E-state index is 13.2. The van der Waals surface area contributed by atoms with Crippen molar-refractivity contribution in [2.24, 2.45) is 0 Å². The predicted octanol–water partition coefficient (Wildman–Crippen LogP) is 2.93. The quantitative estimate of drug-likeness (QED) is 0.550. The lowest BCUT2D eigenvalue weighted by Gasteiger charge is -2.27. The molecule has 2 aromatic rings. The highest BCUT2D eigenvalue weighted by Gasteiger charge is 2.22. The van der Waals surface area contributed by atoms with Crippen LogP contribution in [-0.2, 0) is 27.4 Å². The SMILES string of the molecule is CCCN(CC(=O)N(Cc1ccc(F)cc1)Cc1ccco1)C(=O)NCC(=O)OCC. The zero-order valence-electron chi connectivity index (χ0n) is 17.8. The van der Waals surface area contributed by atoms with E-state index in [1.54, 1.807) is 31.2 Å². The van der Waals surface area contributed by atoms with Crippen LogP contribution in [0.3, 0.4) is 0 Å². The van der Waals surface area contributed by atoms with E-state index in [4.69, 9.17) is 9.15 Å². The highest BCUT2D eigenvalue weighted by atomic mass is 19.1. The Morgan fingerprint density at radius 2 is 1.81 bits per heavy atom. The summed E-state index contributed by atoms with van der Waals surface area (Å²) in [6, 6.07) is 8.82. The fourth-order valence-corrected chi connectivity index (χ4v) is 2.89. The Kier molecular flexibility index (Phi) is 9.54. The Bertz CT molecular complexity index is 839. The molecule has 168 valence electrons. The molecule has 9 heteroatoms. The fourth-order valence-electron chi connectivity index (χ4n) is 2.89. The summed E-state index contributed by atoms with van der Waals surface area (Å²) in [6.07, 6.45) is 2.15. The number of hydrogen-bond acceptors (Lipinski definition) is 5. The topological polar surface area (TPSA) is 92.1 Å². The second-order valence-corrected chi connectivity index (χ2v) is 6.84. The van der Waals surface area contributed by atoms with Crippen LogP contribution in [0.5, 0.6) is 0 Å². The summed E-state index contributed by atoms with van der Waals surface area (Å²) >= 11 is 0. The molecule has 0 aliphatic carbocycles. The van der Waals surface area contributed by atoms with Gasteiger partial charge in [0, 0.05) is 13.1 Å². The van der Waals surface area contributed by atoms with Gasteiger partial charge in [0.2, 0.25) is 5.91 Å². The number of carbonyl (C=O) groups excluding carboxylic acids is 3. The molecule has 1 heterocycles. The summed E-state index contributed by atoms with van der Waals surface area (Å²) in [5.74, 6) is -0.626. The number of amides is 3. The molecule has 0 spiro atoms. The van der Waals surface area contributed by atoms with E-state index in [2.05, 4.69) is 5.32 Å². The Morgan fingerprint density at radius 3 is 2.42 bits per heavy atom. The monoisotopic (exact) mass is 433 g/mol. The van der Waals surface area contributed by atoms with Gasteiger partial charge in [-0.3, -0.25) is 9.59 Å². The number of nitrogens with one attached hydrogen (secondary N) is 1. The third kappa shape index (κ3) is 8.12. The Balaban J connectivity index is 2.07. The minimum Gasteiger partial charge on any atom is -0.467 e. The van der Waals surface area contributed by atoms with Crippen LogP contribution in [0, 0.1) is 5.82 Å². The number of urea groups is 1. The summed E-state index contributed by atoms with van der Waals surface area (Å²) < 4.78 is 23.4. The summed E-state index contributed by atoms with van der Waals surface area (Å²) in [5.41, 5.74) is 0.745. The van der Waals surface area contributed by atoms with E-state index >= 15 is 0 Å². The average Bonchev–Trinajstić information content (AvgIpc) is 3.26. The Morgan fingerprint density at radius 1 is 1.06 bits per heavy atom. The number of benzene rings is 1. The molecule has 0 unspecified atom stereocenters. The summed E-state index contributed by atoms with van der Waals surface area (Å²) in [4.78, 5) is 39.9. The van der Waals surface area contributed by atoms with Gasteiger partial charge in [-0.05, 0) is 43.2 Å². The molecule has 0 saturated carbocycles. The minimum atomic E-state index is -0.547. The molecule has 0 aliphatic rings. The number of furan rings is 1. The summed E-state index contributed by atoms with van der Waals surface area (Å²) in [7, 11) is 0. The van der Waals surface area contributed by atoms with Crippen LogP contribution in [-0.4, -0.2) is 53.9 Å². The molecular weight excluding hydrogens is 405 g/mol. The van der Waals surface area contributed by atoms with E-state index in [0.717, 1.165) is 5.56 Å². The van der Waals surface area contributed by atoms with E-state index in [0.29, 0.717) is 18.7 Å². The lowest BCUT2D eigenvalue weighted by Crippen LogP contribution is -2.47. The standard InChI is InChI=1S/C22H28FN3O5/c1-3-11-25(22(29)24-13-21(28)30-4-2)16-20(27)26(15-19-6-5-12-31-19)14-17-7-9-18(23)10-8-17/h5-10,12H,3-4,11,13-16H2,1-2H3,(H,24,29). The number of nitrogens with zero attached hydrogens (tertiary/aromatic N) is 2. The van der Waals surface area contributed by atoms with Crippen LogP contribution in [0.1, 0.15) is 31.6 Å². The average molecular weight is 433 g/mol. The maximum atomic E-state index is 13.2. The van der Waals surface area contributed by atoms with Gasteiger partial charge in [-0.15, -0.1) is 0 Å². The molecule has 0 atom stereocenters. The first-order valence-corrected chi connectivity index (χ1v) is 10.2. The Hall–Kier alpha value is -3.36. The van der Waals surface area contributed by atoms with E-state index in [1.165, 1.54) is 28.2 Å². The van der Waals surface area contributed by atoms with E-state index in [1.807, 2.05) is 6.92 Å². The van der Waals surface area contributed by atoms with Gasteiger partial charge in [0.1, 0.15) is 24.7 Å². The molecule has 3 amide bonds. The summed E-state index contributed by atoms with van der Waals surface area (Å²) in [6.45, 7) is 4.10. The molecule has 1 N–H and O–H groups in total. The van der Waals surface area contributed by atoms with Gasteiger partial charge in [-0.2, -0.15) is 0 Å². The molecule has 0 radical (unpaired) electrons. The fraction of sp³-hybridized carbons (Fsp3) is 0.409. The van der Waals surface area contributed by atoms with Crippen LogP contribution in [0.4, 0.5) is 9.18 Å². The van der Waals surface area contributed by atoms with Crippen LogP contribution in [0.2, 0.25) is 0 Å². The molecule has 0 fully saturated rings. The van der Waals surface area contributed by atoms with Crippen molar-refractivity contribution in [3.05, 3.63) is 59.8 Å². The number of halogens is 1. The van der Waals surface area contributed by atoms with Crippen molar-refractivity contribution in [2.45, 2.75) is 33.4 Å². The molecule has 0 saturated heterocycles. The Labute approximate surface area is 180 Å². The molecule has 0 bridgehead atoms. The second-order valence-electron chi connectivity index (χ2n) is 6.84. The summed E-state index contributed by atoms with van der Waals surface area (Å²) in [5, 5.41) is 2.48. The molecule has 1 aromatic heterocycles. The van der Waals surface area contributed by atoms with Gasteiger partial charge in [0.15, 0.2) is 0 Å². The van der Waals surface area contributed by atoms with Crippen molar-refractivity contribution in [1.82, 2.24) is 15.1 Å². The minimum absolute atomic E-state index is 0.176. The van der Waals surface area contributed by atoms with Crippen LogP contribution < -0.4 is 5.32 Å². The normalized spacial score (nSPS) is 10.4. The van der Waals surface area contributed by atoms with Gasteiger partial charge in [0.05, 0.1) is 19.4 Å². The van der Waals surface area contributed by atoms with Crippen molar-refractivity contribution >= 4 is 17.9 Å². The number of hydrogen-bond donors (Lipinski definition) is 1. The third-order valence-electron chi connectivity index (χ3n) is 4.36. The predicted molar refractivity (Wildman–Crippen MR) is 111 cm³/mol. The highest BCUT2D eigenvalue weighted by Crippen LogP contribution is 2.12. The molecule has 0 aliphatic heterocycles. The number of ether oxygens (including phenoxy) is 1. The number of esters is 1. The van der Waals surface area contributed by atoms with Crippen molar-refractivity contribution in [3.8, 4) is 0 Å². The molecule has 2 rings (SSSR count). The van der Waals surface area contributed by atoms with Gasteiger partial charge in [-0.25, -0.2) is 9.18 Å². The number of rotatable bonds is 11. The van der Waals surface area contributed by atoms with Crippen LogP contribution in [0.15, 0.2) is 47.1 Å². The molecule has 8 nitrogen and oxygen atoms in total. The first-order valence-electron chi connectivity index (χ1n) is 10.2. The van der Waals surface area contributed by atoms with Gasteiger partial charge in [0.25, 0.3) is 0 Å². The second kappa shape index (κ2) is 12.4. The maximum Gasteiger partial charge on any atom is 0.325 e. The molecule has 1 aromatic carbocycles. The molecular formula is C22H28FN3O5. The highest BCUT2D eigenvalue weighted by molar-refractivity contribution is 5.86. The largest absolute Gasteiger partial charge is 0.467 e. The van der Waals surface area contributed by atoms with Crippen molar-refractivity contribution in [1.29, 1.82) is 0 Å². The van der Waals surface area contributed by atoms with Gasteiger partial charge >= 0.3 is 12.0 Å². The number of carbonyl (C=O) groups is 3. The third-order valence-corrected chi connectivity index (χ3v) is 4.36. The zero-order chi connectivity index (χ0) is 22.6.